The first-order valence-corrected chi connectivity index (χ1v) is 6.55. The number of nitrogens with one attached hydrogen (secondary N) is 1. The molecule has 1 amide bonds. The highest BCUT2D eigenvalue weighted by molar-refractivity contribution is 5.95. The largest absolute Gasteiger partial charge is 0.493 e. The maximum atomic E-state index is 12.2. The molecule has 1 aromatic carbocycles. The van der Waals surface area contributed by atoms with Crippen molar-refractivity contribution in [3.05, 3.63) is 23.8 Å². The van der Waals surface area contributed by atoms with E-state index in [4.69, 9.17) is 14.6 Å². The van der Waals surface area contributed by atoms with Gasteiger partial charge in [0.25, 0.3) is 5.91 Å². The monoisotopic (exact) mass is 295 g/mol. The van der Waals surface area contributed by atoms with Gasteiger partial charge in [-0.25, -0.2) is 0 Å². The molecular weight excluding hydrogens is 274 g/mol. The standard InChI is InChI=1S/C15H21NO5/c1-15(2,8-7-13(17)18)16-14(19)10-5-6-11(20-3)12(9-10)21-4/h5-6,9H,7-8H2,1-4H3,(H,16,19)(H,17,18). The molecule has 1 aromatic rings. The summed E-state index contributed by atoms with van der Waals surface area (Å²) in [5.41, 5.74) is -0.182. The van der Waals surface area contributed by atoms with E-state index in [1.165, 1.54) is 14.2 Å². The van der Waals surface area contributed by atoms with Crippen LogP contribution in [0, 0.1) is 0 Å². The molecule has 1 rings (SSSR count). The molecule has 0 fully saturated rings. The van der Waals surface area contributed by atoms with Crippen molar-refractivity contribution in [1.29, 1.82) is 0 Å². The number of carboxylic acid groups (broad SMARTS) is 1. The van der Waals surface area contributed by atoms with Crippen molar-refractivity contribution in [3.63, 3.8) is 0 Å². The zero-order valence-corrected chi connectivity index (χ0v) is 12.7. The second kappa shape index (κ2) is 6.97. The van der Waals surface area contributed by atoms with Crippen LogP contribution in [0.25, 0.3) is 0 Å². The second-order valence-corrected chi connectivity index (χ2v) is 5.30. The number of aliphatic carboxylic acids is 1. The molecule has 0 unspecified atom stereocenters. The van der Waals surface area contributed by atoms with Crippen LogP contribution in [-0.2, 0) is 4.79 Å². The Morgan fingerprint density at radius 3 is 2.33 bits per heavy atom. The smallest absolute Gasteiger partial charge is 0.303 e. The van der Waals surface area contributed by atoms with Crippen LogP contribution in [0.1, 0.15) is 37.0 Å². The first kappa shape index (κ1) is 16.8. The van der Waals surface area contributed by atoms with Crippen LogP contribution in [0.15, 0.2) is 18.2 Å². The molecule has 0 atom stereocenters. The quantitative estimate of drug-likeness (QED) is 0.804. The second-order valence-electron chi connectivity index (χ2n) is 5.30. The van der Waals surface area contributed by atoms with Crippen molar-refractivity contribution >= 4 is 11.9 Å². The van der Waals surface area contributed by atoms with Gasteiger partial charge in [-0.05, 0) is 38.5 Å². The van der Waals surface area contributed by atoms with E-state index in [-0.39, 0.29) is 12.3 Å². The Morgan fingerprint density at radius 1 is 1.19 bits per heavy atom. The molecule has 0 bridgehead atoms. The molecule has 6 nitrogen and oxygen atoms in total. The highest BCUT2D eigenvalue weighted by Crippen LogP contribution is 2.27. The minimum atomic E-state index is -0.886. The van der Waals surface area contributed by atoms with Gasteiger partial charge in [0.1, 0.15) is 0 Å². The molecular formula is C15H21NO5. The molecule has 0 aromatic heterocycles. The van der Waals surface area contributed by atoms with E-state index in [0.29, 0.717) is 23.5 Å². The predicted molar refractivity (Wildman–Crippen MR) is 78.0 cm³/mol. The lowest BCUT2D eigenvalue weighted by molar-refractivity contribution is -0.137. The number of hydrogen-bond acceptors (Lipinski definition) is 4. The lowest BCUT2D eigenvalue weighted by Crippen LogP contribution is -2.43. The molecule has 0 spiro atoms. The van der Waals surface area contributed by atoms with Gasteiger partial charge in [0.05, 0.1) is 14.2 Å². The van der Waals surface area contributed by atoms with Crippen molar-refractivity contribution in [2.24, 2.45) is 0 Å². The molecule has 0 saturated carbocycles. The Balaban J connectivity index is 2.81. The number of hydrogen-bond donors (Lipinski definition) is 2. The van der Waals surface area contributed by atoms with Crippen LogP contribution in [0.3, 0.4) is 0 Å². The maximum Gasteiger partial charge on any atom is 0.303 e. The molecule has 21 heavy (non-hydrogen) atoms. The van der Waals surface area contributed by atoms with Gasteiger partial charge in [0.15, 0.2) is 11.5 Å². The van der Waals surface area contributed by atoms with Gasteiger partial charge in [-0.2, -0.15) is 0 Å². The van der Waals surface area contributed by atoms with E-state index < -0.39 is 11.5 Å². The fourth-order valence-electron chi connectivity index (χ4n) is 1.84. The van der Waals surface area contributed by atoms with E-state index in [2.05, 4.69) is 5.32 Å². The summed E-state index contributed by atoms with van der Waals surface area (Å²) in [6, 6.07) is 4.86. The van der Waals surface area contributed by atoms with E-state index in [1.807, 2.05) is 0 Å². The summed E-state index contributed by atoms with van der Waals surface area (Å²) in [4.78, 5) is 22.8. The highest BCUT2D eigenvalue weighted by Gasteiger charge is 2.22. The molecule has 2 N–H and O–H groups in total. The molecule has 0 heterocycles. The van der Waals surface area contributed by atoms with Gasteiger partial charge < -0.3 is 19.9 Å². The minimum Gasteiger partial charge on any atom is -0.493 e. The summed E-state index contributed by atoms with van der Waals surface area (Å²) < 4.78 is 10.3. The lowest BCUT2D eigenvalue weighted by atomic mass is 9.97. The number of carbonyl (C=O) groups excluding carboxylic acids is 1. The van der Waals surface area contributed by atoms with E-state index in [9.17, 15) is 9.59 Å². The topological polar surface area (TPSA) is 84.9 Å². The zero-order chi connectivity index (χ0) is 16.0. The number of methoxy groups -OCH3 is 2. The van der Waals surface area contributed by atoms with Crippen LogP contribution >= 0.6 is 0 Å². The van der Waals surface area contributed by atoms with E-state index >= 15 is 0 Å². The summed E-state index contributed by atoms with van der Waals surface area (Å²) in [6.07, 6.45) is 0.348. The van der Waals surface area contributed by atoms with Crippen LogP contribution in [0.5, 0.6) is 11.5 Å². The summed E-state index contributed by atoms with van der Waals surface area (Å²) in [7, 11) is 3.02. The lowest BCUT2D eigenvalue weighted by Gasteiger charge is -2.25. The van der Waals surface area contributed by atoms with E-state index in [1.54, 1.807) is 32.0 Å². The Morgan fingerprint density at radius 2 is 1.81 bits per heavy atom. The van der Waals surface area contributed by atoms with Crippen molar-refractivity contribution < 1.29 is 24.2 Å². The van der Waals surface area contributed by atoms with Crippen LogP contribution in [-0.4, -0.2) is 36.7 Å². The van der Waals surface area contributed by atoms with Crippen molar-refractivity contribution in [2.45, 2.75) is 32.2 Å². The van der Waals surface area contributed by atoms with Gasteiger partial charge in [0, 0.05) is 17.5 Å². The Kier molecular flexibility index (Phi) is 5.58. The Bertz CT molecular complexity index is 525. The van der Waals surface area contributed by atoms with Gasteiger partial charge in [0.2, 0.25) is 0 Å². The molecule has 0 radical (unpaired) electrons. The summed E-state index contributed by atoms with van der Waals surface area (Å²) in [5, 5.41) is 11.5. The molecule has 0 aliphatic heterocycles. The third-order valence-electron chi connectivity index (χ3n) is 3.06. The number of carboxylic acids is 1. The summed E-state index contributed by atoms with van der Waals surface area (Å²) in [5.74, 6) is -0.164. The van der Waals surface area contributed by atoms with Crippen molar-refractivity contribution in [1.82, 2.24) is 5.32 Å². The number of rotatable bonds is 7. The van der Waals surface area contributed by atoms with Crippen molar-refractivity contribution in [3.8, 4) is 11.5 Å². The van der Waals surface area contributed by atoms with Crippen LogP contribution < -0.4 is 14.8 Å². The van der Waals surface area contributed by atoms with Gasteiger partial charge in [-0.15, -0.1) is 0 Å². The number of ether oxygens (including phenoxy) is 2. The average Bonchev–Trinajstić information content (AvgIpc) is 2.44. The summed E-state index contributed by atoms with van der Waals surface area (Å²) >= 11 is 0. The fourth-order valence-corrected chi connectivity index (χ4v) is 1.84. The molecule has 116 valence electrons. The number of carbonyl (C=O) groups is 2. The van der Waals surface area contributed by atoms with Crippen LogP contribution in [0.4, 0.5) is 0 Å². The highest BCUT2D eigenvalue weighted by atomic mass is 16.5. The molecule has 6 heteroatoms. The number of benzene rings is 1. The zero-order valence-electron chi connectivity index (χ0n) is 12.7. The van der Waals surface area contributed by atoms with E-state index in [0.717, 1.165) is 0 Å². The van der Waals surface area contributed by atoms with Gasteiger partial charge >= 0.3 is 5.97 Å². The minimum absolute atomic E-state index is 0.000780. The predicted octanol–water partition coefficient (Wildman–Crippen LogP) is 2.08. The third-order valence-corrected chi connectivity index (χ3v) is 3.06. The molecule has 0 aliphatic rings. The maximum absolute atomic E-state index is 12.2. The molecule has 0 aliphatic carbocycles. The first-order valence-electron chi connectivity index (χ1n) is 6.55. The third kappa shape index (κ3) is 4.98. The van der Waals surface area contributed by atoms with Crippen molar-refractivity contribution in [2.75, 3.05) is 14.2 Å². The Labute approximate surface area is 124 Å². The van der Waals surface area contributed by atoms with Crippen LogP contribution in [0.2, 0.25) is 0 Å². The summed E-state index contributed by atoms with van der Waals surface area (Å²) in [6.45, 7) is 3.57. The SMILES string of the molecule is COc1ccc(C(=O)NC(C)(C)CCC(=O)O)cc1OC. The average molecular weight is 295 g/mol. The fraction of sp³-hybridized carbons (Fsp3) is 0.467. The molecule has 0 saturated heterocycles. The Hall–Kier alpha value is -2.24. The van der Waals surface area contributed by atoms with Gasteiger partial charge in [-0.1, -0.05) is 0 Å². The van der Waals surface area contributed by atoms with Gasteiger partial charge in [-0.3, -0.25) is 9.59 Å². The first-order chi connectivity index (χ1) is 9.79. The normalized spacial score (nSPS) is 10.9. The number of amides is 1.